The minimum absolute atomic E-state index is 0.0751. The maximum absolute atomic E-state index is 12.0. The minimum Gasteiger partial charge on any atom is -0.480 e. The zero-order valence-electron chi connectivity index (χ0n) is 13.6. The van der Waals surface area contributed by atoms with Gasteiger partial charge in [-0.2, -0.15) is 0 Å². The van der Waals surface area contributed by atoms with Crippen molar-refractivity contribution in [3.05, 3.63) is 35.9 Å². The summed E-state index contributed by atoms with van der Waals surface area (Å²) in [6, 6.07) is 9.44. The molecule has 2 rings (SSSR count). The topological polar surface area (TPSA) is 70.1 Å². The van der Waals surface area contributed by atoms with Crippen molar-refractivity contribution in [3.8, 4) is 0 Å². The largest absolute Gasteiger partial charge is 0.480 e. The highest BCUT2D eigenvalue weighted by atomic mass is 16.5. The van der Waals surface area contributed by atoms with Crippen LogP contribution >= 0.6 is 0 Å². The summed E-state index contributed by atoms with van der Waals surface area (Å²) in [6.07, 6.45) is 1.21. The predicted molar refractivity (Wildman–Crippen MR) is 85.9 cm³/mol. The lowest BCUT2D eigenvalue weighted by molar-refractivity contribution is -0.155. The molecule has 0 aliphatic carbocycles. The number of carboxylic acid groups (broad SMARTS) is 1. The van der Waals surface area contributed by atoms with E-state index in [0.717, 1.165) is 13.0 Å². The lowest BCUT2D eigenvalue weighted by Crippen LogP contribution is -2.55. The number of methoxy groups -OCH3 is 1. The third-order valence-corrected chi connectivity index (χ3v) is 4.35. The zero-order valence-corrected chi connectivity index (χ0v) is 13.6. The molecule has 1 aromatic carbocycles. The molecule has 0 spiro atoms. The van der Waals surface area contributed by atoms with E-state index in [1.165, 1.54) is 17.6 Å². The Balaban J connectivity index is 2.01. The Labute approximate surface area is 136 Å². The van der Waals surface area contributed by atoms with Gasteiger partial charge in [0.15, 0.2) is 0 Å². The number of hydrogen-bond donors (Lipinski definition) is 1. The third-order valence-electron chi connectivity index (χ3n) is 4.35. The summed E-state index contributed by atoms with van der Waals surface area (Å²) in [6.45, 7) is 1.14. The van der Waals surface area contributed by atoms with Gasteiger partial charge in [0.05, 0.1) is 0 Å². The van der Waals surface area contributed by atoms with Gasteiger partial charge in [-0.3, -0.25) is 9.69 Å². The maximum Gasteiger partial charge on any atom is 0.326 e. The third kappa shape index (κ3) is 4.53. The minimum atomic E-state index is -0.952. The van der Waals surface area contributed by atoms with E-state index in [9.17, 15) is 14.7 Å². The molecule has 2 atom stereocenters. The summed E-state index contributed by atoms with van der Waals surface area (Å²) in [7, 11) is 3.44. The van der Waals surface area contributed by atoms with Crippen LogP contribution in [0.4, 0.5) is 0 Å². The molecule has 1 N–H and O–H groups in total. The van der Waals surface area contributed by atoms with Gasteiger partial charge >= 0.3 is 5.97 Å². The van der Waals surface area contributed by atoms with Crippen LogP contribution in [-0.2, 0) is 20.9 Å². The molecule has 0 radical (unpaired) electrons. The molecule has 6 nitrogen and oxygen atoms in total. The molecule has 126 valence electrons. The van der Waals surface area contributed by atoms with Gasteiger partial charge in [-0.15, -0.1) is 0 Å². The van der Waals surface area contributed by atoms with Crippen LogP contribution in [0.25, 0.3) is 0 Å². The van der Waals surface area contributed by atoms with Gasteiger partial charge in [-0.25, -0.2) is 4.79 Å². The van der Waals surface area contributed by atoms with Crippen LogP contribution in [0.5, 0.6) is 0 Å². The molecule has 1 aliphatic heterocycles. The summed E-state index contributed by atoms with van der Waals surface area (Å²) in [4.78, 5) is 27.2. The van der Waals surface area contributed by atoms with Crippen molar-refractivity contribution in [2.45, 2.75) is 31.5 Å². The van der Waals surface area contributed by atoms with Gasteiger partial charge < -0.3 is 14.7 Å². The van der Waals surface area contributed by atoms with Gasteiger partial charge in [-0.05, 0) is 25.5 Å². The molecule has 1 saturated heterocycles. The van der Waals surface area contributed by atoms with E-state index in [1.807, 2.05) is 25.2 Å². The second-order valence-corrected chi connectivity index (χ2v) is 5.95. The Bertz CT molecular complexity index is 535. The lowest BCUT2D eigenvalue weighted by Gasteiger charge is -2.40. The van der Waals surface area contributed by atoms with E-state index in [2.05, 4.69) is 17.0 Å². The second-order valence-electron chi connectivity index (χ2n) is 5.95. The van der Waals surface area contributed by atoms with E-state index in [0.29, 0.717) is 13.0 Å². The van der Waals surface area contributed by atoms with Crippen molar-refractivity contribution < 1.29 is 19.4 Å². The van der Waals surface area contributed by atoms with Crippen molar-refractivity contribution in [2.75, 3.05) is 27.3 Å². The Hall–Kier alpha value is -1.92. The van der Waals surface area contributed by atoms with Crippen LogP contribution in [0.2, 0.25) is 0 Å². The molecule has 0 aromatic heterocycles. The number of nitrogens with zero attached hydrogens (tertiary/aromatic N) is 2. The van der Waals surface area contributed by atoms with Crippen molar-refractivity contribution in [3.63, 3.8) is 0 Å². The Morgan fingerprint density at radius 1 is 1.35 bits per heavy atom. The molecule has 0 unspecified atom stereocenters. The van der Waals surface area contributed by atoms with Gasteiger partial charge in [0.1, 0.15) is 12.6 Å². The number of amides is 1. The highest BCUT2D eigenvalue weighted by Crippen LogP contribution is 2.23. The normalized spacial score (nSPS) is 21.4. The van der Waals surface area contributed by atoms with Crippen molar-refractivity contribution in [1.29, 1.82) is 0 Å². The fourth-order valence-corrected chi connectivity index (χ4v) is 3.09. The van der Waals surface area contributed by atoms with Gasteiger partial charge in [0, 0.05) is 26.2 Å². The van der Waals surface area contributed by atoms with Gasteiger partial charge in [-0.1, -0.05) is 30.3 Å². The predicted octanol–water partition coefficient (Wildman–Crippen LogP) is 1.21. The number of ether oxygens (including phenoxy) is 1. The van der Waals surface area contributed by atoms with Crippen LogP contribution in [0.3, 0.4) is 0 Å². The summed E-state index contributed by atoms with van der Waals surface area (Å²) < 4.78 is 4.84. The fraction of sp³-hybridized carbons (Fsp3) is 0.529. The van der Waals surface area contributed by atoms with Crippen LogP contribution in [0.15, 0.2) is 30.3 Å². The van der Waals surface area contributed by atoms with Crippen molar-refractivity contribution in [1.82, 2.24) is 9.80 Å². The summed E-state index contributed by atoms with van der Waals surface area (Å²) in [5.41, 5.74) is 1.19. The summed E-state index contributed by atoms with van der Waals surface area (Å²) >= 11 is 0. The summed E-state index contributed by atoms with van der Waals surface area (Å²) in [5, 5.41) is 9.46. The van der Waals surface area contributed by atoms with E-state index in [1.54, 1.807) is 0 Å². The highest BCUT2D eigenvalue weighted by molar-refractivity contribution is 5.84. The number of aliphatic carboxylic acids is 1. The fourth-order valence-electron chi connectivity index (χ4n) is 3.09. The number of carboxylic acids is 1. The van der Waals surface area contributed by atoms with Crippen LogP contribution < -0.4 is 0 Å². The molecule has 1 aliphatic rings. The first-order chi connectivity index (χ1) is 11.0. The van der Waals surface area contributed by atoms with Crippen LogP contribution in [0.1, 0.15) is 18.4 Å². The number of carbonyl (C=O) groups is 2. The van der Waals surface area contributed by atoms with Crippen LogP contribution in [0, 0.1) is 0 Å². The monoisotopic (exact) mass is 320 g/mol. The molecule has 6 heteroatoms. The SMILES string of the molecule is COCC(=O)N1CC[C@H](N(C)Cc2ccccc2)C[C@@H]1C(=O)O. The van der Waals surface area contributed by atoms with E-state index >= 15 is 0 Å². The Morgan fingerprint density at radius 2 is 2.04 bits per heavy atom. The quantitative estimate of drug-likeness (QED) is 0.853. The zero-order chi connectivity index (χ0) is 16.8. The van der Waals surface area contributed by atoms with E-state index in [4.69, 9.17) is 4.74 Å². The molecule has 23 heavy (non-hydrogen) atoms. The van der Waals surface area contributed by atoms with Gasteiger partial charge in [0.2, 0.25) is 5.91 Å². The number of benzene rings is 1. The average Bonchev–Trinajstić information content (AvgIpc) is 2.55. The number of carbonyl (C=O) groups excluding carboxylic acids is 1. The average molecular weight is 320 g/mol. The number of hydrogen-bond acceptors (Lipinski definition) is 4. The molecule has 1 heterocycles. The van der Waals surface area contributed by atoms with E-state index in [-0.39, 0.29) is 18.6 Å². The standard InChI is InChI=1S/C17H24N2O4/c1-18(11-13-6-4-3-5-7-13)14-8-9-19(16(20)12-23-2)15(10-14)17(21)22/h3-7,14-15H,8-12H2,1-2H3,(H,21,22)/t14-,15+/m0/s1. The van der Waals surface area contributed by atoms with E-state index < -0.39 is 12.0 Å². The molecular weight excluding hydrogens is 296 g/mol. The maximum atomic E-state index is 12.0. The first-order valence-electron chi connectivity index (χ1n) is 7.78. The molecule has 0 saturated carbocycles. The first-order valence-corrected chi connectivity index (χ1v) is 7.78. The molecule has 1 aromatic rings. The molecule has 0 bridgehead atoms. The molecular formula is C17H24N2O4. The lowest BCUT2D eigenvalue weighted by atomic mass is 9.95. The summed E-state index contributed by atoms with van der Waals surface area (Å²) in [5.74, 6) is -1.21. The smallest absolute Gasteiger partial charge is 0.326 e. The first kappa shape index (κ1) is 17.4. The van der Waals surface area contributed by atoms with Crippen molar-refractivity contribution in [2.24, 2.45) is 0 Å². The number of piperidine rings is 1. The second kappa shape index (κ2) is 8.08. The Morgan fingerprint density at radius 3 is 2.65 bits per heavy atom. The number of rotatable bonds is 6. The number of likely N-dealkylation sites (tertiary alicyclic amines) is 1. The highest BCUT2D eigenvalue weighted by Gasteiger charge is 2.37. The Kier molecular flexibility index (Phi) is 6.12. The molecule has 1 fully saturated rings. The van der Waals surface area contributed by atoms with Gasteiger partial charge in [0.25, 0.3) is 0 Å². The van der Waals surface area contributed by atoms with Crippen molar-refractivity contribution >= 4 is 11.9 Å². The van der Waals surface area contributed by atoms with Crippen LogP contribution in [-0.4, -0.2) is 66.2 Å². The molecule has 1 amide bonds.